The summed E-state index contributed by atoms with van der Waals surface area (Å²) in [5, 5.41) is 3.11. The molecule has 1 unspecified atom stereocenters. The van der Waals surface area contributed by atoms with Gasteiger partial charge < -0.3 is 19.9 Å². The Labute approximate surface area is 211 Å². The van der Waals surface area contributed by atoms with Crippen molar-refractivity contribution in [3.8, 4) is 16.9 Å². The van der Waals surface area contributed by atoms with Gasteiger partial charge in [-0.2, -0.15) is 0 Å². The first-order valence-electron chi connectivity index (χ1n) is 12.8. The Morgan fingerprint density at radius 1 is 1.03 bits per heavy atom. The number of piperidine rings is 1. The molecule has 0 saturated carbocycles. The quantitative estimate of drug-likeness (QED) is 0.591. The molecule has 1 atom stereocenters. The Bertz CT molecular complexity index is 1240. The molecular weight excluding hydrogens is 452 g/mol. The summed E-state index contributed by atoms with van der Waals surface area (Å²) < 4.78 is 5.46. The van der Waals surface area contributed by atoms with Crippen LogP contribution in [0.4, 0.5) is 17.2 Å². The Morgan fingerprint density at radius 3 is 2.67 bits per heavy atom. The van der Waals surface area contributed by atoms with Crippen molar-refractivity contribution in [2.24, 2.45) is 0 Å². The monoisotopic (exact) mass is 484 g/mol. The topological polar surface area (TPSA) is 73.8 Å². The fraction of sp³-hybridized carbons (Fsp3) is 0.393. The van der Waals surface area contributed by atoms with E-state index in [0.717, 1.165) is 92.5 Å². The molecule has 0 spiro atoms. The molecule has 3 aromatic rings. The molecule has 5 heterocycles. The van der Waals surface area contributed by atoms with Gasteiger partial charge in [0.1, 0.15) is 11.8 Å². The van der Waals surface area contributed by atoms with Gasteiger partial charge in [-0.15, -0.1) is 0 Å². The van der Waals surface area contributed by atoms with E-state index in [1.165, 1.54) is 5.69 Å². The van der Waals surface area contributed by atoms with E-state index in [1.807, 2.05) is 12.3 Å². The second kappa shape index (κ2) is 9.78. The number of rotatable bonds is 5. The van der Waals surface area contributed by atoms with Gasteiger partial charge >= 0.3 is 0 Å². The molecule has 1 aromatic carbocycles. The van der Waals surface area contributed by atoms with Crippen molar-refractivity contribution in [1.82, 2.24) is 14.9 Å². The van der Waals surface area contributed by atoms with Gasteiger partial charge in [0.15, 0.2) is 5.82 Å². The minimum absolute atomic E-state index is 0.0570. The highest BCUT2D eigenvalue weighted by molar-refractivity contribution is 6.02. The zero-order chi connectivity index (χ0) is 24.5. The van der Waals surface area contributed by atoms with Gasteiger partial charge in [0.25, 0.3) is 0 Å². The van der Waals surface area contributed by atoms with Crippen LogP contribution in [0.3, 0.4) is 0 Å². The summed E-state index contributed by atoms with van der Waals surface area (Å²) in [6.07, 6.45) is 8.68. The molecule has 1 amide bonds. The number of carbonyl (C=O) groups excluding carboxylic acids is 1. The van der Waals surface area contributed by atoms with Crippen molar-refractivity contribution in [3.05, 3.63) is 60.6 Å². The third-order valence-electron chi connectivity index (χ3n) is 7.59. The van der Waals surface area contributed by atoms with Crippen LogP contribution in [0.25, 0.3) is 11.1 Å². The predicted molar refractivity (Wildman–Crippen MR) is 142 cm³/mol. The first-order valence-corrected chi connectivity index (χ1v) is 12.8. The maximum absolute atomic E-state index is 12.6. The molecule has 3 aliphatic heterocycles. The lowest BCUT2D eigenvalue weighted by Crippen LogP contribution is -2.51. The highest BCUT2D eigenvalue weighted by Crippen LogP contribution is 2.35. The SMILES string of the molecule is COc1cnccc1-c1ccc(N2CCN(Cc3cnc4c(c3)NC(=O)C3CCCCN43)CC2)cc1. The minimum atomic E-state index is -0.0570. The second-order valence-electron chi connectivity index (χ2n) is 9.79. The summed E-state index contributed by atoms with van der Waals surface area (Å²) in [5.74, 6) is 1.83. The predicted octanol–water partition coefficient (Wildman–Crippen LogP) is 3.79. The number of nitrogens with one attached hydrogen (secondary N) is 1. The number of methoxy groups -OCH3 is 1. The fourth-order valence-electron chi connectivity index (χ4n) is 5.64. The van der Waals surface area contributed by atoms with Crippen LogP contribution >= 0.6 is 0 Å². The maximum atomic E-state index is 12.6. The van der Waals surface area contributed by atoms with Crippen molar-refractivity contribution in [1.29, 1.82) is 0 Å². The average Bonchev–Trinajstić information content (AvgIpc) is 2.94. The fourth-order valence-corrected chi connectivity index (χ4v) is 5.64. The van der Waals surface area contributed by atoms with Crippen LogP contribution in [0, 0.1) is 0 Å². The molecule has 8 heteroatoms. The number of benzene rings is 1. The first kappa shape index (κ1) is 22.8. The van der Waals surface area contributed by atoms with Crippen LogP contribution in [0.15, 0.2) is 55.0 Å². The zero-order valence-corrected chi connectivity index (χ0v) is 20.7. The van der Waals surface area contributed by atoms with Gasteiger partial charge in [0.05, 0.1) is 19.0 Å². The molecule has 8 nitrogen and oxygen atoms in total. The van der Waals surface area contributed by atoms with Gasteiger partial charge in [0, 0.05) is 62.9 Å². The lowest BCUT2D eigenvalue weighted by molar-refractivity contribution is -0.118. The van der Waals surface area contributed by atoms with E-state index in [9.17, 15) is 4.79 Å². The van der Waals surface area contributed by atoms with Gasteiger partial charge in [-0.3, -0.25) is 14.7 Å². The number of fused-ring (bicyclic) bond motifs is 3. The first-order chi connectivity index (χ1) is 17.7. The number of amides is 1. The largest absolute Gasteiger partial charge is 0.494 e. The van der Waals surface area contributed by atoms with E-state index in [4.69, 9.17) is 9.72 Å². The number of carbonyl (C=O) groups is 1. The van der Waals surface area contributed by atoms with Crippen LogP contribution in [-0.2, 0) is 11.3 Å². The van der Waals surface area contributed by atoms with E-state index in [1.54, 1.807) is 19.5 Å². The number of ether oxygens (including phenoxy) is 1. The van der Waals surface area contributed by atoms with Crippen molar-refractivity contribution < 1.29 is 9.53 Å². The van der Waals surface area contributed by atoms with Gasteiger partial charge in [-0.05, 0) is 54.7 Å². The van der Waals surface area contributed by atoms with Crippen LogP contribution in [-0.4, -0.2) is 66.7 Å². The molecule has 0 aliphatic carbocycles. The van der Waals surface area contributed by atoms with E-state index in [0.29, 0.717) is 0 Å². The van der Waals surface area contributed by atoms with Gasteiger partial charge in [-0.1, -0.05) is 12.1 Å². The molecule has 3 aliphatic rings. The molecule has 1 N–H and O–H groups in total. The van der Waals surface area contributed by atoms with Crippen molar-refractivity contribution in [2.75, 3.05) is 55.0 Å². The normalized spacial score (nSPS) is 19.9. The molecule has 2 fully saturated rings. The third kappa shape index (κ3) is 4.37. The maximum Gasteiger partial charge on any atom is 0.247 e. The Balaban J connectivity index is 1.08. The van der Waals surface area contributed by atoms with E-state index in [-0.39, 0.29) is 11.9 Å². The number of aromatic nitrogens is 2. The minimum Gasteiger partial charge on any atom is -0.494 e. The highest BCUT2D eigenvalue weighted by atomic mass is 16.5. The number of pyridine rings is 2. The Morgan fingerprint density at radius 2 is 1.86 bits per heavy atom. The standard InChI is InChI=1S/C28H32N6O2/c1-36-26-18-29-10-9-23(26)21-5-7-22(8-6-21)33-14-12-32(13-15-33)19-20-16-24-27(30-17-20)34-11-3-2-4-25(34)28(35)31-24/h5-10,16-18,25H,2-4,11-15,19H2,1H3,(H,31,35). The highest BCUT2D eigenvalue weighted by Gasteiger charge is 2.35. The number of hydrogen-bond acceptors (Lipinski definition) is 7. The zero-order valence-electron chi connectivity index (χ0n) is 20.7. The number of anilines is 3. The molecule has 0 bridgehead atoms. The lowest BCUT2D eigenvalue weighted by Gasteiger charge is -2.40. The number of nitrogens with zero attached hydrogens (tertiary/aromatic N) is 5. The van der Waals surface area contributed by atoms with Crippen molar-refractivity contribution in [2.45, 2.75) is 31.8 Å². The lowest BCUT2D eigenvalue weighted by atomic mass is 9.99. The Kier molecular flexibility index (Phi) is 6.19. The molecule has 2 aromatic heterocycles. The van der Waals surface area contributed by atoms with E-state index in [2.05, 4.69) is 55.3 Å². The molecule has 2 saturated heterocycles. The van der Waals surface area contributed by atoms with Gasteiger partial charge in [-0.25, -0.2) is 4.98 Å². The summed E-state index contributed by atoms with van der Waals surface area (Å²) in [6, 6.07) is 12.7. The second-order valence-corrected chi connectivity index (χ2v) is 9.79. The van der Waals surface area contributed by atoms with Gasteiger partial charge in [0.2, 0.25) is 5.91 Å². The molecule has 186 valence electrons. The van der Waals surface area contributed by atoms with E-state index < -0.39 is 0 Å². The summed E-state index contributed by atoms with van der Waals surface area (Å²) >= 11 is 0. The molecular formula is C28H32N6O2. The summed E-state index contributed by atoms with van der Waals surface area (Å²) in [5.41, 5.74) is 5.42. The van der Waals surface area contributed by atoms with Crippen LogP contribution in [0.1, 0.15) is 24.8 Å². The molecule has 0 radical (unpaired) electrons. The number of piperazine rings is 1. The summed E-state index contributed by atoms with van der Waals surface area (Å²) in [6.45, 7) is 5.67. The average molecular weight is 485 g/mol. The van der Waals surface area contributed by atoms with Crippen LogP contribution < -0.4 is 19.9 Å². The van der Waals surface area contributed by atoms with Crippen molar-refractivity contribution in [3.63, 3.8) is 0 Å². The van der Waals surface area contributed by atoms with Crippen LogP contribution in [0.5, 0.6) is 5.75 Å². The van der Waals surface area contributed by atoms with Crippen LogP contribution in [0.2, 0.25) is 0 Å². The van der Waals surface area contributed by atoms with Crippen molar-refractivity contribution >= 4 is 23.1 Å². The summed E-state index contributed by atoms with van der Waals surface area (Å²) in [4.78, 5) is 28.6. The van der Waals surface area contributed by atoms with E-state index >= 15 is 0 Å². The number of hydrogen-bond donors (Lipinski definition) is 1. The molecule has 6 rings (SSSR count). The molecule has 36 heavy (non-hydrogen) atoms. The third-order valence-corrected chi connectivity index (χ3v) is 7.59. The Hall–Kier alpha value is -3.65. The summed E-state index contributed by atoms with van der Waals surface area (Å²) in [7, 11) is 1.68. The smallest absolute Gasteiger partial charge is 0.247 e.